The Bertz CT molecular complexity index is 662. The third kappa shape index (κ3) is 5.08. The molecule has 0 fully saturated rings. The second-order valence-electron chi connectivity index (χ2n) is 5.46. The predicted octanol–water partition coefficient (Wildman–Crippen LogP) is 2.92. The molecule has 0 saturated carbocycles. The van der Waals surface area contributed by atoms with Gasteiger partial charge in [-0.3, -0.25) is 9.78 Å². The molecule has 0 aliphatic carbocycles. The van der Waals surface area contributed by atoms with E-state index in [9.17, 15) is 9.59 Å². The maximum absolute atomic E-state index is 12.6. The van der Waals surface area contributed by atoms with Crippen molar-refractivity contribution in [3.05, 3.63) is 60.4 Å². The summed E-state index contributed by atoms with van der Waals surface area (Å²) in [7, 11) is 1.34. The number of ether oxygens (including phenoxy) is 1. The van der Waals surface area contributed by atoms with Crippen molar-refractivity contribution >= 4 is 17.7 Å². The number of rotatable bonds is 6. The molecule has 1 atom stereocenters. The lowest BCUT2D eigenvalue weighted by molar-refractivity contribution is -0.145. The zero-order chi connectivity index (χ0) is 17.4. The minimum absolute atomic E-state index is 0.258. The average Bonchev–Trinajstić information content (AvgIpc) is 2.62. The van der Waals surface area contributed by atoms with Crippen LogP contribution in [0.2, 0.25) is 0 Å². The van der Waals surface area contributed by atoms with Gasteiger partial charge in [-0.15, -0.1) is 0 Å². The van der Waals surface area contributed by atoms with Crippen molar-refractivity contribution in [3.63, 3.8) is 0 Å². The second-order valence-corrected chi connectivity index (χ2v) is 5.46. The fourth-order valence-corrected chi connectivity index (χ4v) is 2.26. The molecule has 2 rings (SSSR count). The Hall–Kier alpha value is -2.89. The molecule has 0 aliphatic rings. The van der Waals surface area contributed by atoms with Crippen molar-refractivity contribution in [1.29, 1.82) is 0 Å². The van der Waals surface area contributed by atoms with Gasteiger partial charge in [-0.2, -0.15) is 0 Å². The fraction of sp³-hybridized carbons (Fsp3) is 0.278. The largest absolute Gasteiger partial charge is 0.469 e. The third-order valence-electron chi connectivity index (χ3n) is 3.53. The summed E-state index contributed by atoms with van der Waals surface area (Å²) in [5.74, 6) is -0.763. The van der Waals surface area contributed by atoms with Gasteiger partial charge in [0.05, 0.1) is 13.0 Å². The lowest BCUT2D eigenvalue weighted by atomic mass is 10.1. The van der Waals surface area contributed by atoms with Gasteiger partial charge < -0.3 is 15.0 Å². The molecule has 0 bridgehead atoms. The van der Waals surface area contributed by atoms with Crippen LogP contribution >= 0.6 is 0 Å². The minimum atomic E-state index is -0.418. The third-order valence-corrected chi connectivity index (χ3v) is 3.53. The smallest absolute Gasteiger partial charge is 0.322 e. The van der Waals surface area contributed by atoms with Crippen LogP contribution < -0.4 is 5.32 Å². The Morgan fingerprint density at radius 1 is 1.17 bits per heavy atom. The molecule has 0 saturated heterocycles. The van der Waals surface area contributed by atoms with Crippen LogP contribution in [0.1, 0.15) is 12.5 Å². The van der Waals surface area contributed by atoms with E-state index < -0.39 is 5.92 Å². The van der Waals surface area contributed by atoms with Gasteiger partial charge >= 0.3 is 12.0 Å². The zero-order valence-electron chi connectivity index (χ0n) is 13.8. The van der Waals surface area contributed by atoms with Crippen LogP contribution in [0.25, 0.3) is 0 Å². The summed E-state index contributed by atoms with van der Waals surface area (Å²) in [6.45, 7) is 2.37. The predicted molar refractivity (Wildman–Crippen MR) is 91.3 cm³/mol. The Morgan fingerprint density at radius 2 is 1.83 bits per heavy atom. The van der Waals surface area contributed by atoms with E-state index in [2.05, 4.69) is 10.3 Å². The summed E-state index contributed by atoms with van der Waals surface area (Å²) in [6.07, 6.45) is 3.35. The van der Waals surface area contributed by atoms with E-state index in [-0.39, 0.29) is 18.5 Å². The van der Waals surface area contributed by atoms with E-state index in [0.29, 0.717) is 12.2 Å². The highest BCUT2D eigenvalue weighted by atomic mass is 16.5. The summed E-state index contributed by atoms with van der Waals surface area (Å²) in [5.41, 5.74) is 1.64. The quantitative estimate of drug-likeness (QED) is 0.828. The molecular weight excluding hydrogens is 306 g/mol. The summed E-state index contributed by atoms with van der Waals surface area (Å²) in [6, 6.07) is 12.6. The van der Waals surface area contributed by atoms with Crippen molar-refractivity contribution in [2.24, 2.45) is 5.92 Å². The van der Waals surface area contributed by atoms with Gasteiger partial charge in [-0.1, -0.05) is 25.1 Å². The number of carbonyl (C=O) groups excluding carboxylic acids is 2. The van der Waals surface area contributed by atoms with Gasteiger partial charge in [0.2, 0.25) is 0 Å². The average molecular weight is 327 g/mol. The maximum Gasteiger partial charge on any atom is 0.322 e. The van der Waals surface area contributed by atoms with Gasteiger partial charge in [-0.05, 0) is 29.8 Å². The molecule has 6 nitrogen and oxygen atoms in total. The van der Waals surface area contributed by atoms with Gasteiger partial charge in [-0.25, -0.2) is 4.79 Å². The van der Waals surface area contributed by atoms with E-state index >= 15 is 0 Å². The van der Waals surface area contributed by atoms with Gasteiger partial charge in [0.25, 0.3) is 0 Å². The molecule has 6 heteroatoms. The van der Waals surface area contributed by atoms with E-state index in [1.807, 2.05) is 42.5 Å². The standard InChI is InChI=1S/C18H21N3O3/c1-14(17(22)24-2)12-21(13-15-8-10-19-11-9-15)18(23)20-16-6-4-3-5-7-16/h3-11,14H,12-13H2,1-2H3,(H,20,23). The Kier molecular flexibility index (Phi) is 6.31. The SMILES string of the molecule is COC(=O)C(C)CN(Cc1ccncc1)C(=O)Nc1ccccc1. The first-order chi connectivity index (χ1) is 11.6. The first-order valence-electron chi connectivity index (χ1n) is 7.68. The number of esters is 1. The number of amides is 2. The molecule has 0 spiro atoms. The lowest BCUT2D eigenvalue weighted by Crippen LogP contribution is -2.39. The van der Waals surface area contributed by atoms with Gasteiger partial charge in [0, 0.05) is 31.2 Å². The first kappa shape index (κ1) is 17.5. The van der Waals surface area contributed by atoms with E-state index in [0.717, 1.165) is 5.56 Å². The van der Waals surface area contributed by atoms with E-state index in [1.54, 1.807) is 24.2 Å². The van der Waals surface area contributed by atoms with Gasteiger partial charge in [0.15, 0.2) is 0 Å². The number of aromatic nitrogens is 1. The Balaban J connectivity index is 2.11. The fourth-order valence-electron chi connectivity index (χ4n) is 2.26. The number of benzene rings is 1. The zero-order valence-corrected chi connectivity index (χ0v) is 13.8. The summed E-state index contributed by atoms with van der Waals surface area (Å²) >= 11 is 0. The maximum atomic E-state index is 12.6. The minimum Gasteiger partial charge on any atom is -0.469 e. The Labute approximate surface area is 141 Å². The molecule has 1 unspecified atom stereocenters. The number of nitrogens with zero attached hydrogens (tertiary/aromatic N) is 2. The molecule has 1 N–H and O–H groups in total. The van der Waals surface area contributed by atoms with Gasteiger partial charge in [0.1, 0.15) is 0 Å². The van der Waals surface area contributed by atoms with Crippen molar-refractivity contribution in [3.8, 4) is 0 Å². The van der Waals surface area contributed by atoms with Crippen LogP contribution in [0.15, 0.2) is 54.9 Å². The molecule has 2 amide bonds. The number of carbonyl (C=O) groups is 2. The van der Waals surface area contributed by atoms with Crippen LogP contribution in [0.5, 0.6) is 0 Å². The first-order valence-corrected chi connectivity index (χ1v) is 7.68. The summed E-state index contributed by atoms with van der Waals surface area (Å²) in [5, 5.41) is 2.84. The molecule has 24 heavy (non-hydrogen) atoms. The highest BCUT2D eigenvalue weighted by molar-refractivity contribution is 5.89. The highest BCUT2D eigenvalue weighted by Crippen LogP contribution is 2.12. The second kappa shape index (κ2) is 8.67. The van der Waals surface area contributed by atoms with E-state index in [1.165, 1.54) is 7.11 Å². The molecular formula is C18H21N3O3. The number of urea groups is 1. The lowest BCUT2D eigenvalue weighted by Gasteiger charge is -2.25. The van der Waals surface area contributed by atoms with Crippen LogP contribution in [0.3, 0.4) is 0 Å². The molecule has 1 aromatic heterocycles. The molecule has 1 heterocycles. The number of nitrogens with one attached hydrogen (secondary N) is 1. The topological polar surface area (TPSA) is 71.5 Å². The van der Waals surface area contributed by atoms with Crippen molar-refractivity contribution in [1.82, 2.24) is 9.88 Å². The molecule has 1 aromatic carbocycles. The normalized spacial score (nSPS) is 11.4. The number of anilines is 1. The molecule has 126 valence electrons. The van der Waals surface area contributed by atoms with Crippen LogP contribution in [0.4, 0.5) is 10.5 Å². The Morgan fingerprint density at radius 3 is 2.46 bits per heavy atom. The molecule has 0 radical (unpaired) electrons. The highest BCUT2D eigenvalue weighted by Gasteiger charge is 2.22. The number of hydrogen-bond acceptors (Lipinski definition) is 4. The monoisotopic (exact) mass is 327 g/mol. The number of para-hydroxylation sites is 1. The van der Waals surface area contributed by atoms with Crippen molar-refractivity contribution < 1.29 is 14.3 Å². The molecule has 0 aliphatic heterocycles. The molecule has 2 aromatic rings. The summed E-state index contributed by atoms with van der Waals surface area (Å²) < 4.78 is 4.75. The summed E-state index contributed by atoms with van der Waals surface area (Å²) in [4.78, 5) is 29.9. The van der Waals surface area contributed by atoms with Crippen LogP contribution in [0, 0.1) is 5.92 Å². The number of hydrogen-bond donors (Lipinski definition) is 1. The van der Waals surface area contributed by atoms with Crippen molar-refractivity contribution in [2.45, 2.75) is 13.5 Å². The van der Waals surface area contributed by atoms with Crippen LogP contribution in [-0.4, -0.2) is 35.5 Å². The number of pyridine rings is 1. The van der Waals surface area contributed by atoms with Crippen LogP contribution in [-0.2, 0) is 16.1 Å². The van der Waals surface area contributed by atoms with E-state index in [4.69, 9.17) is 4.74 Å². The number of methoxy groups -OCH3 is 1. The van der Waals surface area contributed by atoms with Crippen molar-refractivity contribution in [2.75, 3.05) is 19.0 Å².